The second-order valence-electron chi connectivity index (χ2n) is 8.17. The molecule has 5 heteroatoms. The van der Waals surface area contributed by atoms with Crippen LogP contribution in [-0.4, -0.2) is 10.2 Å². The van der Waals surface area contributed by atoms with E-state index < -0.39 is 0 Å². The fourth-order valence-electron chi connectivity index (χ4n) is 4.03. The first kappa shape index (κ1) is 21.4. The topological polar surface area (TPSA) is 58.9 Å². The van der Waals surface area contributed by atoms with E-state index in [9.17, 15) is 10.2 Å². The van der Waals surface area contributed by atoms with Crippen molar-refractivity contribution in [1.82, 2.24) is 0 Å². The maximum atomic E-state index is 10.6. The molecule has 0 aromatic heterocycles. The SMILES string of the molecule is Oc1ccc2cc1Oc1ccc(cc1)CCc1c(Br)ccc(O)c1Oc1cccc(c1)CC2. The van der Waals surface area contributed by atoms with E-state index in [0.29, 0.717) is 29.4 Å². The average Bonchev–Trinajstić information content (AvgIpc) is 2.82. The molecule has 166 valence electrons. The monoisotopic (exact) mass is 502 g/mol. The molecular formula is C28H23BrO4. The Morgan fingerprint density at radius 1 is 0.606 bits per heavy atom. The van der Waals surface area contributed by atoms with E-state index >= 15 is 0 Å². The van der Waals surface area contributed by atoms with Crippen molar-refractivity contribution in [2.45, 2.75) is 25.7 Å². The number of halogens is 1. The maximum Gasteiger partial charge on any atom is 0.173 e. The van der Waals surface area contributed by atoms with E-state index in [1.54, 1.807) is 12.1 Å². The van der Waals surface area contributed by atoms with Gasteiger partial charge in [-0.15, -0.1) is 0 Å². The normalized spacial score (nSPS) is 13.2. The lowest BCUT2D eigenvalue weighted by Gasteiger charge is -2.16. The van der Waals surface area contributed by atoms with Gasteiger partial charge in [0, 0.05) is 10.0 Å². The number of benzene rings is 4. The summed E-state index contributed by atoms with van der Waals surface area (Å²) in [5.74, 6) is 2.52. The van der Waals surface area contributed by atoms with E-state index in [1.165, 1.54) is 0 Å². The predicted molar refractivity (Wildman–Crippen MR) is 132 cm³/mol. The Morgan fingerprint density at radius 3 is 2.12 bits per heavy atom. The lowest BCUT2D eigenvalue weighted by molar-refractivity contribution is 0.406. The van der Waals surface area contributed by atoms with Gasteiger partial charge in [-0.25, -0.2) is 0 Å². The van der Waals surface area contributed by atoms with Crippen molar-refractivity contribution in [2.24, 2.45) is 0 Å². The zero-order valence-corrected chi connectivity index (χ0v) is 19.5. The minimum Gasteiger partial charge on any atom is -0.504 e. The van der Waals surface area contributed by atoms with Gasteiger partial charge in [0.05, 0.1) is 0 Å². The van der Waals surface area contributed by atoms with Gasteiger partial charge in [-0.2, -0.15) is 0 Å². The first-order chi connectivity index (χ1) is 16.0. The molecule has 0 saturated carbocycles. The van der Waals surface area contributed by atoms with Crippen LogP contribution < -0.4 is 9.47 Å². The smallest absolute Gasteiger partial charge is 0.173 e. The van der Waals surface area contributed by atoms with Gasteiger partial charge in [-0.3, -0.25) is 0 Å². The fourth-order valence-corrected chi connectivity index (χ4v) is 4.54. The first-order valence-electron chi connectivity index (χ1n) is 10.9. The van der Waals surface area contributed by atoms with Crippen LogP contribution in [0.3, 0.4) is 0 Å². The van der Waals surface area contributed by atoms with Gasteiger partial charge in [-0.1, -0.05) is 46.3 Å². The van der Waals surface area contributed by atoms with E-state index in [-0.39, 0.29) is 11.5 Å². The largest absolute Gasteiger partial charge is 0.504 e. The van der Waals surface area contributed by atoms with Crippen molar-refractivity contribution in [3.8, 4) is 34.5 Å². The zero-order valence-electron chi connectivity index (χ0n) is 17.9. The van der Waals surface area contributed by atoms with Crippen molar-refractivity contribution < 1.29 is 19.7 Å². The number of aryl methyl sites for hydroxylation is 3. The second-order valence-corrected chi connectivity index (χ2v) is 9.03. The van der Waals surface area contributed by atoms with Crippen LogP contribution in [0.2, 0.25) is 0 Å². The summed E-state index contributed by atoms with van der Waals surface area (Å²) in [6.07, 6.45) is 3.03. The lowest BCUT2D eigenvalue weighted by atomic mass is 10.0. The van der Waals surface area contributed by atoms with E-state index in [0.717, 1.165) is 46.0 Å². The summed E-state index contributed by atoms with van der Waals surface area (Å²) in [6, 6.07) is 24.7. The van der Waals surface area contributed by atoms with Gasteiger partial charge in [0.25, 0.3) is 0 Å². The minimum atomic E-state index is 0.119. The number of hydrogen-bond acceptors (Lipinski definition) is 4. The Balaban J connectivity index is 1.56. The molecule has 33 heavy (non-hydrogen) atoms. The number of aromatic hydroxyl groups is 2. The first-order valence-corrected chi connectivity index (χ1v) is 11.7. The number of ether oxygens (including phenoxy) is 2. The van der Waals surface area contributed by atoms with Crippen LogP contribution in [0.15, 0.2) is 83.3 Å². The molecular weight excluding hydrogens is 480 g/mol. The van der Waals surface area contributed by atoms with E-state index in [1.807, 2.05) is 60.7 Å². The Hall–Kier alpha value is -3.44. The summed E-state index contributed by atoms with van der Waals surface area (Å²) in [7, 11) is 0. The molecule has 0 atom stereocenters. The third kappa shape index (κ3) is 4.83. The van der Waals surface area contributed by atoms with Crippen molar-refractivity contribution >= 4 is 15.9 Å². The van der Waals surface area contributed by atoms with Crippen LogP contribution in [0.1, 0.15) is 22.3 Å². The summed E-state index contributed by atoms with van der Waals surface area (Å²) in [6.45, 7) is 0. The van der Waals surface area contributed by atoms with E-state index in [2.05, 4.69) is 22.0 Å². The molecule has 0 spiro atoms. The fraction of sp³-hybridized carbons (Fsp3) is 0.143. The second kappa shape index (κ2) is 9.20. The summed E-state index contributed by atoms with van der Waals surface area (Å²) < 4.78 is 13.1. The molecule has 0 aliphatic carbocycles. The lowest BCUT2D eigenvalue weighted by Crippen LogP contribution is -1.99. The molecule has 2 aliphatic rings. The number of phenolic OH excluding ortho intramolecular Hbond substituents is 2. The van der Waals surface area contributed by atoms with Crippen LogP contribution in [-0.2, 0) is 25.7 Å². The summed E-state index contributed by atoms with van der Waals surface area (Å²) >= 11 is 3.63. The average molecular weight is 503 g/mol. The van der Waals surface area contributed by atoms with Crippen molar-refractivity contribution in [2.75, 3.05) is 0 Å². The molecule has 2 heterocycles. The van der Waals surface area contributed by atoms with Gasteiger partial charge < -0.3 is 19.7 Å². The number of fused-ring (bicyclic) bond motifs is 4. The Kier molecular flexibility index (Phi) is 5.97. The Labute approximate surface area is 201 Å². The van der Waals surface area contributed by atoms with E-state index in [4.69, 9.17) is 9.47 Å². The van der Waals surface area contributed by atoms with Crippen molar-refractivity contribution in [1.29, 1.82) is 0 Å². The van der Waals surface area contributed by atoms with Crippen LogP contribution >= 0.6 is 15.9 Å². The van der Waals surface area contributed by atoms with Crippen molar-refractivity contribution in [3.05, 3.63) is 106 Å². The summed E-state index contributed by atoms with van der Waals surface area (Å²) in [4.78, 5) is 0. The Bertz CT molecular complexity index is 1300. The third-order valence-electron chi connectivity index (χ3n) is 5.84. The van der Waals surface area contributed by atoms with Crippen LogP contribution in [0.4, 0.5) is 0 Å². The van der Waals surface area contributed by atoms with Crippen LogP contribution in [0, 0.1) is 0 Å². The van der Waals surface area contributed by atoms with Gasteiger partial charge in [-0.05, 0) is 90.9 Å². The maximum absolute atomic E-state index is 10.6. The Morgan fingerprint density at radius 2 is 1.30 bits per heavy atom. The minimum absolute atomic E-state index is 0.119. The van der Waals surface area contributed by atoms with Gasteiger partial charge >= 0.3 is 0 Å². The molecule has 0 amide bonds. The summed E-state index contributed by atoms with van der Waals surface area (Å²) in [5, 5.41) is 20.8. The van der Waals surface area contributed by atoms with Gasteiger partial charge in [0.1, 0.15) is 11.5 Å². The highest BCUT2D eigenvalue weighted by Gasteiger charge is 2.16. The molecule has 6 bridgehead atoms. The molecule has 4 aromatic rings. The molecule has 4 aromatic carbocycles. The molecule has 2 aliphatic heterocycles. The predicted octanol–water partition coefficient (Wildman–Crippen LogP) is 7.33. The molecule has 4 nitrogen and oxygen atoms in total. The third-order valence-corrected chi connectivity index (χ3v) is 6.59. The van der Waals surface area contributed by atoms with Gasteiger partial charge in [0.15, 0.2) is 23.0 Å². The highest BCUT2D eigenvalue weighted by molar-refractivity contribution is 9.10. The summed E-state index contributed by atoms with van der Waals surface area (Å²) in [5.41, 5.74) is 4.24. The standard InChI is InChI=1S/C28H23BrO4/c29-24-13-15-26(31)28-23(24)12-8-18-6-10-21(11-7-18)32-27-17-20(9-14-25(27)30)5-4-19-2-1-3-22(16-19)33-28/h1-3,6-7,9-11,13-17,30-31H,4-5,8,12H2. The van der Waals surface area contributed by atoms with Crippen molar-refractivity contribution in [3.63, 3.8) is 0 Å². The molecule has 0 saturated heterocycles. The number of hydrogen-bond donors (Lipinski definition) is 2. The number of rotatable bonds is 0. The molecule has 0 radical (unpaired) electrons. The highest BCUT2D eigenvalue weighted by atomic mass is 79.9. The molecule has 0 unspecified atom stereocenters. The number of phenols is 2. The zero-order chi connectivity index (χ0) is 22.8. The molecule has 6 rings (SSSR count). The highest BCUT2D eigenvalue weighted by Crippen LogP contribution is 2.40. The van der Waals surface area contributed by atoms with Crippen LogP contribution in [0.5, 0.6) is 34.5 Å². The van der Waals surface area contributed by atoms with Crippen LogP contribution in [0.25, 0.3) is 0 Å². The molecule has 2 N–H and O–H groups in total. The quantitative estimate of drug-likeness (QED) is 0.264. The molecule has 0 fully saturated rings. The van der Waals surface area contributed by atoms with Gasteiger partial charge in [0.2, 0.25) is 0 Å².